The minimum atomic E-state index is -0.0524. The van der Waals surface area contributed by atoms with E-state index >= 15 is 0 Å². The van der Waals surface area contributed by atoms with Crippen molar-refractivity contribution in [3.05, 3.63) is 64.7 Å². The number of carbonyl (C=O) groups is 1. The van der Waals surface area contributed by atoms with E-state index in [1.807, 2.05) is 56.3 Å². The van der Waals surface area contributed by atoms with Crippen LogP contribution in [0.5, 0.6) is 5.75 Å². The number of methoxy groups -OCH3 is 1. The van der Waals surface area contributed by atoms with Crippen LogP contribution >= 0.6 is 0 Å². The van der Waals surface area contributed by atoms with Crippen molar-refractivity contribution < 1.29 is 9.53 Å². The van der Waals surface area contributed by atoms with Crippen molar-refractivity contribution in [1.29, 1.82) is 0 Å². The van der Waals surface area contributed by atoms with Crippen molar-refractivity contribution in [1.82, 2.24) is 5.32 Å². The van der Waals surface area contributed by atoms with E-state index in [4.69, 9.17) is 4.74 Å². The van der Waals surface area contributed by atoms with Crippen molar-refractivity contribution in [2.75, 3.05) is 7.11 Å². The van der Waals surface area contributed by atoms with E-state index in [9.17, 15) is 4.79 Å². The molecule has 1 atom stereocenters. The fourth-order valence-corrected chi connectivity index (χ4v) is 2.67. The Labute approximate surface area is 138 Å². The monoisotopic (exact) mass is 311 g/mol. The first-order valence-corrected chi connectivity index (χ1v) is 7.98. The Hall–Kier alpha value is -2.29. The van der Waals surface area contributed by atoms with Gasteiger partial charge < -0.3 is 10.1 Å². The van der Waals surface area contributed by atoms with E-state index in [1.165, 1.54) is 0 Å². The Morgan fingerprint density at radius 3 is 2.30 bits per heavy atom. The number of carbonyl (C=O) groups excluding carboxylic acids is 1. The van der Waals surface area contributed by atoms with E-state index in [2.05, 4.69) is 19.2 Å². The van der Waals surface area contributed by atoms with E-state index in [0.29, 0.717) is 11.5 Å². The van der Waals surface area contributed by atoms with Gasteiger partial charge in [0.15, 0.2) is 0 Å². The van der Waals surface area contributed by atoms with Crippen LogP contribution in [0.3, 0.4) is 0 Å². The molecule has 3 heteroatoms. The van der Waals surface area contributed by atoms with Crippen LogP contribution in [0.4, 0.5) is 0 Å². The lowest BCUT2D eigenvalue weighted by Gasteiger charge is -2.18. The van der Waals surface area contributed by atoms with Crippen molar-refractivity contribution in [2.45, 2.75) is 39.7 Å². The fraction of sp³-hybridized carbons (Fsp3) is 0.350. The Balaban J connectivity index is 2.27. The summed E-state index contributed by atoms with van der Waals surface area (Å²) in [5.74, 6) is 1.08. The zero-order valence-electron chi connectivity index (χ0n) is 14.5. The number of rotatable bonds is 5. The number of hydrogen-bond donors (Lipinski definition) is 1. The second-order valence-electron chi connectivity index (χ2n) is 6.17. The molecule has 0 aromatic heterocycles. The van der Waals surface area contributed by atoms with Gasteiger partial charge in [0.2, 0.25) is 0 Å². The van der Waals surface area contributed by atoms with Gasteiger partial charge in [-0.15, -0.1) is 0 Å². The second kappa shape index (κ2) is 7.32. The average Bonchev–Trinajstić information content (AvgIpc) is 2.54. The maximum absolute atomic E-state index is 12.7. The minimum absolute atomic E-state index is 0.0345. The highest BCUT2D eigenvalue weighted by molar-refractivity contribution is 5.96. The summed E-state index contributed by atoms with van der Waals surface area (Å²) in [5, 5.41) is 3.08. The molecule has 0 aliphatic rings. The molecule has 3 nitrogen and oxygen atoms in total. The van der Waals surface area contributed by atoms with Crippen LogP contribution in [-0.2, 0) is 0 Å². The van der Waals surface area contributed by atoms with Gasteiger partial charge in [0, 0.05) is 5.56 Å². The first kappa shape index (κ1) is 17.1. The number of amides is 1. The van der Waals surface area contributed by atoms with E-state index in [0.717, 1.165) is 22.4 Å². The summed E-state index contributed by atoms with van der Waals surface area (Å²) >= 11 is 0. The molecule has 0 heterocycles. The highest BCUT2D eigenvalue weighted by Crippen LogP contribution is 2.29. The van der Waals surface area contributed by atoms with Crippen molar-refractivity contribution >= 4 is 5.91 Å². The van der Waals surface area contributed by atoms with Gasteiger partial charge in [0.1, 0.15) is 5.75 Å². The molecule has 122 valence electrons. The first-order chi connectivity index (χ1) is 10.9. The molecular weight excluding hydrogens is 286 g/mol. The molecule has 2 aromatic carbocycles. The summed E-state index contributed by atoms with van der Waals surface area (Å²) in [6.07, 6.45) is 0. The summed E-state index contributed by atoms with van der Waals surface area (Å²) in [6.45, 7) is 8.13. The van der Waals surface area contributed by atoms with Gasteiger partial charge in [-0.2, -0.15) is 0 Å². The zero-order chi connectivity index (χ0) is 17.0. The molecule has 0 spiro atoms. The summed E-state index contributed by atoms with van der Waals surface area (Å²) in [6, 6.07) is 13.8. The number of hydrogen-bond acceptors (Lipinski definition) is 2. The van der Waals surface area contributed by atoms with Crippen molar-refractivity contribution in [3.8, 4) is 5.75 Å². The Kier molecular flexibility index (Phi) is 5.43. The smallest absolute Gasteiger partial charge is 0.252 e. The van der Waals surface area contributed by atoms with Gasteiger partial charge in [0.05, 0.1) is 13.2 Å². The van der Waals surface area contributed by atoms with Crippen LogP contribution < -0.4 is 10.1 Å². The highest BCUT2D eigenvalue weighted by Gasteiger charge is 2.17. The maximum Gasteiger partial charge on any atom is 0.252 e. The van der Waals surface area contributed by atoms with Crippen LogP contribution in [0.2, 0.25) is 0 Å². The Morgan fingerprint density at radius 1 is 1.09 bits per heavy atom. The molecule has 0 bridgehead atoms. The third kappa shape index (κ3) is 3.92. The first-order valence-electron chi connectivity index (χ1n) is 7.98. The van der Waals surface area contributed by atoms with Gasteiger partial charge in [-0.25, -0.2) is 0 Å². The third-order valence-electron chi connectivity index (χ3n) is 4.09. The average molecular weight is 311 g/mol. The van der Waals surface area contributed by atoms with Crippen LogP contribution in [0.1, 0.15) is 59.8 Å². The normalized spacial score (nSPS) is 12.1. The molecule has 23 heavy (non-hydrogen) atoms. The number of nitrogens with one attached hydrogen (secondary N) is 1. The second-order valence-corrected chi connectivity index (χ2v) is 6.17. The lowest BCUT2D eigenvalue weighted by atomic mass is 9.96. The van der Waals surface area contributed by atoms with Crippen LogP contribution in [0.25, 0.3) is 0 Å². The zero-order valence-corrected chi connectivity index (χ0v) is 14.5. The summed E-state index contributed by atoms with van der Waals surface area (Å²) in [4.78, 5) is 12.7. The molecule has 0 saturated carbocycles. The molecule has 0 aliphatic heterocycles. The topological polar surface area (TPSA) is 38.3 Å². The van der Waals surface area contributed by atoms with E-state index in [-0.39, 0.29) is 11.9 Å². The SMILES string of the molecule is COc1cc(C)c(C(=O)N[C@@H](C)c2ccccc2)cc1C(C)C. The molecule has 0 radical (unpaired) electrons. The molecule has 1 N–H and O–H groups in total. The van der Waals surface area contributed by atoms with Crippen molar-refractivity contribution in [3.63, 3.8) is 0 Å². The van der Waals surface area contributed by atoms with E-state index < -0.39 is 0 Å². The van der Waals surface area contributed by atoms with Gasteiger partial charge in [0.25, 0.3) is 5.91 Å². The largest absolute Gasteiger partial charge is 0.496 e. The Morgan fingerprint density at radius 2 is 1.74 bits per heavy atom. The maximum atomic E-state index is 12.7. The molecule has 0 aliphatic carbocycles. The van der Waals surface area contributed by atoms with Gasteiger partial charge in [-0.1, -0.05) is 44.2 Å². The highest BCUT2D eigenvalue weighted by atomic mass is 16.5. The Bertz CT molecular complexity index is 678. The molecule has 0 fully saturated rings. The molecule has 1 amide bonds. The van der Waals surface area contributed by atoms with E-state index in [1.54, 1.807) is 7.11 Å². The van der Waals surface area contributed by atoms with Gasteiger partial charge in [-0.05, 0) is 48.6 Å². The molecule has 0 saturated heterocycles. The minimum Gasteiger partial charge on any atom is -0.496 e. The molecule has 2 rings (SSSR count). The fourth-order valence-electron chi connectivity index (χ4n) is 2.67. The lowest BCUT2D eigenvalue weighted by molar-refractivity contribution is 0.0939. The van der Waals surface area contributed by atoms with Crippen LogP contribution in [0, 0.1) is 6.92 Å². The molecule has 0 unspecified atom stereocenters. The third-order valence-corrected chi connectivity index (χ3v) is 4.09. The predicted molar refractivity (Wildman–Crippen MR) is 94.1 cm³/mol. The molecule has 2 aromatic rings. The summed E-state index contributed by atoms with van der Waals surface area (Å²) in [7, 11) is 1.66. The van der Waals surface area contributed by atoms with Crippen LogP contribution in [0.15, 0.2) is 42.5 Å². The quantitative estimate of drug-likeness (QED) is 0.875. The van der Waals surface area contributed by atoms with Gasteiger partial charge in [-0.3, -0.25) is 4.79 Å². The number of aryl methyl sites for hydroxylation is 1. The van der Waals surface area contributed by atoms with Gasteiger partial charge >= 0.3 is 0 Å². The summed E-state index contributed by atoms with van der Waals surface area (Å²) in [5.41, 5.74) is 3.77. The van der Waals surface area contributed by atoms with Crippen LogP contribution in [-0.4, -0.2) is 13.0 Å². The molecular formula is C20H25NO2. The summed E-state index contributed by atoms with van der Waals surface area (Å²) < 4.78 is 5.44. The standard InChI is InChI=1S/C20H25NO2/c1-13(2)17-12-18(14(3)11-19(17)23-5)20(22)21-15(4)16-9-7-6-8-10-16/h6-13,15H,1-5H3,(H,21,22)/t15-/m0/s1. The predicted octanol–water partition coefficient (Wildman–Crippen LogP) is 4.62. The lowest BCUT2D eigenvalue weighted by Crippen LogP contribution is -2.27. The number of ether oxygens (including phenoxy) is 1. The van der Waals surface area contributed by atoms with Crippen molar-refractivity contribution in [2.24, 2.45) is 0 Å². The number of benzene rings is 2.